The smallest absolute Gasteiger partial charge is 0.0702 e. The quantitative estimate of drug-likeness (QED) is 0.259. The molecule has 5 aromatic rings. The van der Waals surface area contributed by atoms with Crippen LogP contribution in [0.2, 0.25) is 0 Å². The SMILES string of the molecule is Cc1cccc(N(c2cccc(C)c2)c2ccccc2N(c2ccccc2)c2ccccc2)c1. The molecule has 0 spiro atoms. The molecule has 0 saturated heterocycles. The van der Waals surface area contributed by atoms with Gasteiger partial charge >= 0.3 is 0 Å². The van der Waals surface area contributed by atoms with Gasteiger partial charge in [-0.1, -0.05) is 72.8 Å². The van der Waals surface area contributed by atoms with Crippen molar-refractivity contribution in [1.82, 2.24) is 0 Å². The summed E-state index contributed by atoms with van der Waals surface area (Å²) in [7, 11) is 0. The van der Waals surface area contributed by atoms with E-state index in [-0.39, 0.29) is 0 Å². The fourth-order valence-corrected chi connectivity index (χ4v) is 4.39. The maximum Gasteiger partial charge on any atom is 0.0702 e. The first-order valence-corrected chi connectivity index (χ1v) is 11.6. The fourth-order valence-electron chi connectivity index (χ4n) is 4.39. The molecular formula is C32H28N2. The molecule has 0 unspecified atom stereocenters. The molecule has 5 aromatic carbocycles. The Morgan fingerprint density at radius 2 is 0.706 bits per heavy atom. The molecule has 0 amide bonds. The van der Waals surface area contributed by atoms with Gasteiger partial charge in [0.25, 0.3) is 0 Å². The monoisotopic (exact) mass is 440 g/mol. The van der Waals surface area contributed by atoms with Crippen LogP contribution in [0.15, 0.2) is 133 Å². The maximum absolute atomic E-state index is 2.36. The summed E-state index contributed by atoms with van der Waals surface area (Å²) in [5.74, 6) is 0. The molecule has 0 atom stereocenters. The van der Waals surface area contributed by atoms with Crippen molar-refractivity contribution < 1.29 is 0 Å². The fraction of sp³-hybridized carbons (Fsp3) is 0.0625. The first-order chi connectivity index (χ1) is 16.7. The van der Waals surface area contributed by atoms with Crippen LogP contribution in [0.5, 0.6) is 0 Å². The first kappa shape index (κ1) is 21.5. The minimum atomic E-state index is 1.11. The first-order valence-electron chi connectivity index (χ1n) is 11.6. The predicted octanol–water partition coefficient (Wildman–Crippen LogP) is 9.24. The van der Waals surface area contributed by atoms with E-state index in [1.54, 1.807) is 0 Å². The molecule has 0 fully saturated rings. The lowest BCUT2D eigenvalue weighted by Crippen LogP contribution is -2.17. The topological polar surface area (TPSA) is 6.48 Å². The number of anilines is 6. The molecule has 0 bridgehead atoms. The largest absolute Gasteiger partial charge is 0.308 e. The zero-order valence-electron chi connectivity index (χ0n) is 19.6. The number of hydrogen-bond acceptors (Lipinski definition) is 2. The number of para-hydroxylation sites is 4. The predicted molar refractivity (Wildman–Crippen MR) is 145 cm³/mol. The van der Waals surface area contributed by atoms with Gasteiger partial charge in [0.2, 0.25) is 0 Å². The van der Waals surface area contributed by atoms with Crippen LogP contribution < -0.4 is 9.80 Å². The van der Waals surface area contributed by atoms with Gasteiger partial charge < -0.3 is 9.80 Å². The molecule has 0 aliphatic carbocycles. The molecular weight excluding hydrogens is 412 g/mol. The lowest BCUT2D eigenvalue weighted by atomic mass is 10.1. The van der Waals surface area contributed by atoms with Crippen LogP contribution in [0.25, 0.3) is 0 Å². The highest BCUT2D eigenvalue weighted by atomic mass is 15.2. The highest BCUT2D eigenvalue weighted by Crippen LogP contribution is 2.45. The Hall–Kier alpha value is -4.30. The van der Waals surface area contributed by atoms with E-state index in [2.05, 4.69) is 157 Å². The highest BCUT2D eigenvalue weighted by molar-refractivity contribution is 5.91. The Bertz CT molecular complexity index is 1290. The third-order valence-corrected chi connectivity index (χ3v) is 5.91. The number of hydrogen-bond donors (Lipinski definition) is 0. The van der Waals surface area contributed by atoms with Crippen molar-refractivity contribution in [2.75, 3.05) is 9.80 Å². The Morgan fingerprint density at radius 1 is 0.353 bits per heavy atom. The van der Waals surface area contributed by atoms with E-state index >= 15 is 0 Å². The molecule has 0 aliphatic heterocycles. The van der Waals surface area contributed by atoms with Gasteiger partial charge in [0.1, 0.15) is 0 Å². The number of aryl methyl sites for hydroxylation is 2. The second-order valence-corrected chi connectivity index (χ2v) is 8.51. The van der Waals surface area contributed by atoms with Crippen LogP contribution in [-0.2, 0) is 0 Å². The maximum atomic E-state index is 2.36. The molecule has 2 heteroatoms. The van der Waals surface area contributed by atoms with Gasteiger partial charge in [0, 0.05) is 22.7 Å². The van der Waals surface area contributed by atoms with E-state index in [0.717, 1.165) is 34.1 Å². The molecule has 0 N–H and O–H groups in total. The van der Waals surface area contributed by atoms with Crippen LogP contribution in [0.4, 0.5) is 34.1 Å². The molecule has 0 heterocycles. The Balaban J connectivity index is 1.76. The molecule has 0 saturated carbocycles. The molecule has 0 aromatic heterocycles. The lowest BCUT2D eigenvalue weighted by molar-refractivity contribution is 1.22. The van der Waals surface area contributed by atoms with Gasteiger partial charge in [0.05, 0.1) is 11.4 Å². The van der Waals surface area contributed by atoms with Crippen molar-refractivity contribution in [3.63, 3.8) is 0 Å². The van der Waals surface area contributed by atoms with Gasteiger partial charge in [-0.15, -0.1) is 0 Å². The minimum Gasteiger partial charge on any atom is -0.308 e. The summed E-state index contributed by atoms with van der Waals surface area (Å²) in [6, 6.07) is 47.2. The molecule has 5 rings (SSSR count). The zero-order valence-corrected chi connectivity index (χ0v) is 19.6. The van der Waals surface area contributed by atoms with Crippen molar-refractivity contribution in [3.05, 3.63) is 145 Å². The molecule has 34 heavy (non-hydrogen) atoms. The van der Waals surface area contributed by atoms with Crippen LogP contribution in [-0.4, -0.2) is 0 Å². The second kappa shape index (κ2) is 9.68. The minimum absolute atomic E-state index is 1.11. The summed E-state index contributed by atoms with van der Waals surface area (Å²) >= 11 is 0. The van der Waals surface area contributed by atoms with E-state index in [9.17, 15) is 0 Å². The second-order valence-electron chi connectivity index (χ2n) is 8.51. The van der Waals surface area contributed by atoms with Gasteiger partial charge in [-0.2, -0.15) is 0 Å². The van der Waals surface area contributed by atoms with Gasteiger partial charge in [-0.05, 0) is 85.6 Å². The normalized spacial score (nSPS) is 10.6. The van der Waals surface area contributed by atoms with Crippen molar-refractivity contribution >= 4 is 34.1 Å². The number of benzene rings is 5. The number of rotatable bonds is 6. The molecule has 166 valence electrons. The average Bonchev–Trinajstić information content (AvgIpc) is 2.87. The van der Waals surface area contributed by atoms with Crippen molar-refractivity contribution in [2.45, 2.75) is 13.8 Å². The average molecular weight is 441 g/mol. The Labute approximate surface area is 202 Å². The third kappa shape index (κ3) is 4.44. The standard InChI is InChI=1S/C32H28N2/c1-25-13-11-19-29(23-25)34(30-20-12-14-26(2)24-30)32-22-10-9-21-31(32)33(27-15-5-3-6-16-27)28-17-7-4-8-18-28/h3-24H,1-2H3. The summed E-state index contributed by atoms with van der Waals surface area (Å²) in [5.41, 5.74) is 9.21. The van der Waals surface area contributed by atoms with E-state index in [0.29, 0.717) is 0 Å². The van der Waals surface area contributed by atoms with Crippen molar-refractivity contribution in [1.29, 1.82) is 0 Å². The number of nitrogens with zero attached hydrogens (tertiary/aromatic N) is 2. The van der Waals surface area contributed by atoms with Crippen molar-refractivity contribution in [2.24, 2.45) is 0 Å². The third-order valence-electron chi connectivity index (χ3n) is 5.91. The summed E-state index contributed by atoms with van der Waals surface area (Å²) in [6.07, 6.45) is 0. The van der Waals surface area contributed by atoms with Crippen LogP contribution >= 0.6 is 0 Å². The summed E-state index contributed by atoms with van der Waals surface area (Å²) < 4.78 is 0. The van der Waals surface area contributed by atoms with Crippen LogP contribution in [0.3, 0.4) is 0 Å². The van der Waals surface area contributed by atoms with Crippen LogP contribution in [0, 0.1) is 13.8 Å². The Kier molecular flexibility index (Phi) is 6.13. The zero-order chi connectivity index (χ0) is 23.3. The Morgan fingerprint density at radius 3 is 1.12 bits per heavy atom. The van der Waals surface area contributed by atoms with Crippen molar-refractivity contribution in [3.8, 4) is 0 Å². The summed E-state index contributed by atoms with van der Waals surface area (Å²) in [4.78, 5) is 4.68. The highest BCUT2D eigenvalue weighted by Gasteiger charge is 2.21. The molecule has 0 radical (unpaired) electrons. The molecule has 0 aliphatic rings. The molecule has 2 nitrogen and oxygen atoms in total. The lowest BCUT2D eigenvalue weighted by Gasteiger charge is -2.33. The van der Waals surface area contributed by atoms with Gasteiger partial charge in [-0.25, -0.2) is 0 Å². The van der Waals surface area contributed by atoms with Gasteiger partial charge in [0.15, 0.2) is 0 Å². The van der Waals surface area contributed by atoms with E-state index in [4.69, 9.17) is 0 Å². The van der Waals surface area contributed by atoms with E-state index in [1.807, 2.05) is 0 Å². The summed E-state index contributed by atoms with van der Waals surface area (Å²) in [5, 5.41) is 0. The van der Waals surface area contributed by atoms with E-state index in [1.165, 1.54) is 11.1 Å². The van der Waals surface area contributed by atoms with Gasteiger partial charge in [-0.3, -0.25) is 0 Å². The van der Waals surface area contributed by atoms with E-state index < -0.39 is 0 Å². The van der Waals surface area contributed by atoms with Crippen LogP contribution in [0.1, 0.15) is 11.1 Å². The summed E-state index contributed by atoms with van der Waals surface area (Å²) in [6.45, 7) is 4.29.